The third kappa shape index (κ3) is 3.95. The van der Waals surface area contributed by atoms with E-state index < -0.39 is 0 Å². The molecule has 0 aliphatic carbocycles. The summed E-state index contributed by atoms with van der Waals surface area (Å²) < 4.78 is 6.47. The standard InChI is InChI=1S/C21H20BrN3O2/c1-14(15-5-3-2-4-6-15)12-25-13-17(11-19(25)26)21-23-20(24-27-21)16-7-9-18(22)10-8-16/h2-10,14,17H,11-13H2,1H3. The summed E-state index contributed by atoms with van der Waals surface area (Å²) in [5.74, 6) is 1.48. The smallest absolute Gasteiger partial charge is 0.232 e. The summed E-state index contributed by atoms with van der Waals surface area (Å²) in [5.41, 5.74) is 2.14. The van der Waals surface area contributed by atoms with Gasteiger partial charge in [0.25, 0.3) is 0 Å². The first-order valence-electron chi connectivity index (χ1n) is 9.02. The lowest BCUT2D eigenvalue weighted by atomic mass is 10.0. The van der Waals surface area contributed by atoms with Crippen LogP contribution >= 0.6 is 15.9 Å². The highest BCUT2D eigenvalue weighted by molar-refractivity contribution is 9.10. The van der Waals surface area contributed by atoms with Crippen molar-refractivity contribution in [2.45, 2.75) is 25.2 Å². The van der Waals surface area contributed by atoms with Crippen molar-refractivity contribution in [2.75, 3.05) is 13.1 Å². The zero-order chi connectivity index (χ0) is 18.8. The number of hydrogen-bond acceptors (Lipinski definition) is 4. The van der Waals surface area contributed by atoms with Gasteiger partial charge in [0.05, 0.1) is 5.92 Å². The van der Waals surface area contributed by atoms with Gasteiger partial charge >= 0.3 is 0 Å². The predicted molar refractivity (Wildman–Crippen MR) is 106 cm³/mol. The van der Waals surface area contributed by atoms with Gasteiger partial charge in [-0.2, -0.15) is 4.98 Å². The monoisotopic (exact) mass is 425 g/mol. The third-order valence-corrected chi connectivity index (χ3v) is 5.50. The van der Waals surface area contributed by atoms with Crippen LogP contribution in [-0.4, -0.2) is 34.0 Å². The molecule has 1 aliphatic heterocycles. The van der Waals surface area contributed by atoms with Gasteiger partial charge in [0.2, 0.25) is 17.6 Å². The second kappa shape index (κ2) is 7.64. The first-order valence-corrected chi connectivity index (χ1v) is 9.81. The van der Waals surface area contributed by atoms with E-state index in [2.05, 4.69) is 45.1 Å². The molecule has 2 aromatic carbocycles. The molecule has 2 unspecified atom stereocenters. The number of aromatic nitrogens is 2. The number of likely N-dealkylation sites (tertiary alicyclic amines) is 1. The summed E-state index contributed by atoms with van der Waals surface area (Å²) in [6, 6.07) is 18.0. The number of carbonyl (C=O) groups excluding carboxylic acids is 1. The molecule has 2 atom stereocenters. The largest absolute Gasteiger partial charge is 0.341 e. The molecular formula is C21H20BrN3O2. The van der Waals surface area contributed by atoms with Crippen LogP contribution in [-0.2, 0) is 4.79 Å². The van der Waals surface area contributed by atoms with Crippen molar-refractivity contribution in [1.29, 1.82) is 0 Å². The van der Waals surface area contributed by atoms with E-state index in [-0.39, 0.29) is 17.7 Å². The van der Waals surface area contributed by atoms with Gasteiger partial charge in [0, 0.05) is 29.5 Å². The molecule has 6 heteroatoms. The van der Waals surface area contributed by atoms with E-state index in [1.54, 1.807) is 0 Å². The fraction of sp³-hybridized carbons (Fsp3) is 0.286. The molecular weight excluding hydrogens is 406 g/mol. The maximum absolute atomic E-state index is 12.5. The molecule has 0 N–H and O–H groups in total. The first-order chi connectivity index (χ1) is 13.1. The Morgan fingerprint density at radius 2 is 1.93 bits per heavy atom. The normalized spacial score (nSPS) is 18.1. The van der Waals surface area contributed by atoms with Crippen molar-refractivity contribution in [3.05, 3.63) is 70.5 Å². The Morgan fingerprint density at radius 3 is 2.67 bits per heavy atom. The Balaban J connectivity index is 1.44. The van der Waals surface area contributed by atoms with Gasteiger partial charge in [0.15, 0.2) is 0 Å². The van der Waals surface area contributed by atoms with Crippen LogP contribution in [0.4, 0.5) is 0 Å². The van der Waals surface area contributed by atoms with Gasteiger partial charge in [-0.25, -0.2) is 0 Å². The number of nitrogens with zero attached hydrogens (tertiary/aromatic N) is 3. The maximum atomic E-state index is 12.5. The van der Waals surface area contributed by atoms with E-state index in [4.69, 9.17) is 4.52 Å². The number of benzene rings is 2. The lowest BCUT2D eigenvalue weighted by molar-refractivity contribution is -0.127. The van der Waals surface area contributed by atoms with E-state index in [0.717, 1.165) is 10.0 Å². The Kier molecular flexibility index (Phi) is 5.07. The molecule has 0 saturated carbocycles. The highest BCUT2D eigenvalue weighted by atomic mass is 79.9. The number of amides is 1. The molecule has 0 radical (unpaired) electrons. The van der Waals surface area contributed by atoms with Crippen molar-refractivity contribution >= 4 is 21.8 Å². The van der Waals surface area contributed by atoms with Crippen LogP contribution in [0.5, 0.6) is 0 Å². The van der Waals surface area contributed by atoms with Gasteiger partial charge in [-0.15, -0.1) is 0 Å². The van der Waals surface area contributed by atoms with Crippen molar-refractivity contribution < 1.29 is 9.32 Å². The minimum absolute atomic E-state index is 0.0443. The Morgan fingerprint density at radius 1 is 1.19 bits per heavy atom. The Bertz CT molecular complexity index is 924. The van der Waals surface area contributed by atoms with Crippen LogP contribution in [0, 0.1) is 0 Å². The van der Waals surface area contributed by atoms with Crippen molar-refractivity contribution in [3.63, 3.8) is 0 Å². The molecule has 0 spiro atoms. The quantitative estimate of drug-likeness (QED) is 0.598. The molecule has 4 rings (SSSR count). The summed E-state index contributed by atoms with van der Waals surface area (Å²) in [6.45, 7) is 3.47. The topological polar surface area (TPSA) is 59.2 Å². The van der Waals surface area contributed by atoms with Crippen LogP contribution in [0.2, 0.25) is 0 Å². The maximum Gasteiger partial charge on any atom is 0.232 e. The van der Waals surface area contributed by atoms with Crippen molar-refractivity contribution in [3.8, 4) is 11.4 Å². The summed E-state index contributed by atoms with van der Waals surface area (Å²) >= 11 is 3.42. The molecule has 3 aromatic rings. The average molecular weight is 426 g/mol. The van der Waals surface area contributed by atoms with Crippen LogP contribution in [0.3, 0.4) is 0 Å². The van der Waals surface area contributed by atoms with Gasteiger partial charge in [-0.3, -0.25) is 4.79 Å². The second-order valence-corrected chi connectivity index (χ2v) is 7.89. The minimum Gasteiger partial charge on any atom is -0.341 e. The fourth-order valence-corrected chi connectivity index (χ4v) is 3.71. The summed E-state index contributed by atoms with van der Waals surface area (Å²) in [5, 5.41) is 4.09. The third-order valence-electron chi connectivity index (χ3n) is 4.97. The molecule has 2 heterocycles. The lowest BCUT2D eigenvalue weighted by Crippen LogP contribution is -2.29. The zero-order valence-electron chi connectivity index (χ0n) is 15.0. The van der Waals surface area contributed by atoms with Gasteiger partial charge < -0.3 is 9.42 Å². The molecule has 1 aliphatic rings. The number of carbonyl (C=O) groups is 1. The summed E-state index contributed by atoms with van der Waals surface area (Å²) in [6.07, 6.45) is 0.420. The lowest BCUT2D eigenvalue weighted by Gasteiger charge is -2.21. The molecule has 1 aromatic heterocycles. The van der Waals surface area contributed by atoms with E-state index in [1.165, 1.54) is 5.56 Å². The molecule has 1 fully saturated rings. The van der Waals surface area contributed by atoms with Gasteiger partial charge in [-0.1, -0.05) is 58.3 Å². The summed E-state index contributed by atoms with van der Waals surface area (Å²) in [7, 11) is 0. The zero-order valence-corrected chi connectivity index (χ0v) is 16.6. The molecule has 138 valence electrons. The molecule has 27 heavy (non-hydrogen) atoms. The number of rotatable bonds is 5. The number of hydrogen-bond donors (Lipinski definition) is 0. The van der Waals surface area contributed by atoms with E-state index in [9.17, 15) is 4.79 Å². The highest BCUT2D eigenvalue weighted by Crippen LogP contribution is 2.30. The van der Waals surface area contributed by atoms with Crippen LogP contribution in [0.1, 0.15) is 36.6 Å². The van der Waals surface area contributed by atoms with Crippen LogP contribution in [0.15, 0.2) is 63.6 Å². The Hall–Kier alpha value is -2.47. The molecule has 0 bridgehead atoms. The summed E-state index contributed by atoms with van der Waals surface area (Å²) in [4.78, 5) is 18.9. The second-order valence-electron chi connectivity index (χ2n) is 6.97. The predicted octanol–water partition coefficient (Wildman–Crippen LogP) is 4.62. The molecule has 1 saturated heterocycles. The van der Waals surface area contributed by atoms with E-state index in [0.29, 0.717) is 31.2 Å². The average Bonchev–Trinajstić information content (AvgIpc) is 3.30. The van der Waals surface area contributed by atoms with Crippen molar-refractivity contribution in [1.82, 2.24) is 15.0 Å². The molecule has 5 nitrogen and oxygen atoms in total. The SMILES string of the molecule is CC(CN1CC(c2nc(-c3ccc(Br)cc3)no2)CC1=O)c1ccccc1. The van der Waals surface area contributed by atoms with Gasteiger partial charge in [0.1, 0.15) is 0 Å². The van der Waals surface area contributed by atoms with E-state index in [1.807, 2.05) is 47.4 Å². The van der Waals surface area contributed by atoms with Crippen molar-refractivity contribution in [2.24, 2.45) is 0 Å². The highest BCUT2D eigenvalue weighted by Gasteiger charge is 2.35. The van der Waals surface area contributed by atoms with E-state index >= 15 is 0 Å². The fourth-order valence-electron chi connectivity index (χ4n) is 3.45. The molecule has 1 amide bonds. The first kappa shape index (κ1) is 17.9. The Labute approximate surface area is 166 Å². The minimum atomic E-state index is -0.0443. The van der Waals surface area contributed by atoms with Crippen LogP contribution in [0.25, 0.3) is 11.4 Å². The number of halogens is 1. The van der Waals surface area contributed by atoms with Gasteiger partial charge in [-0.05, 0) is 35.7 Å². The van der Waals surface area contributed by atoms with Crippen LogP contribution < -0.4 is 0 Å².